The Morgan fingerprint density at radius 1 is 1.40 bits per heavy atom. The SMILES string of the molecule is CSc1ccc(NC(=O)N2CCC(CC(=O)O)C2)cc1. The van der Waals surface area contributed by atoms with Crippen molar-refractivity contribution in [1.29, 1.82) is 0 Å². The average Bonchev–Trinajstić information content (AvgIpc) is 2.87. The predicted molar refractivity (Wildman–Crippen MR) is 79.2 cm³/mol. The zero-order valence-electron chi connectivity index (χ0n) is 11.3. The summed E-state index contributed by atoms with van der Waals surface area (Å²) in [6, 6.07) is 7.49. The Hall–Kier alpha value is -1.69. The van der Waals surface area contributed by atoms with Gasteiger partial charge in [-0.05, 0) is 42.9 Å². The molecule has 2 rings (SSSR count). The highest BCUT2D eigenvalue weighted by atomic mass is 32.2. The summed E-state index contributed by atoms with van der Waals surface area (Å²) in [7, 11) is 0. The van der Waals surface area contributed by atoms with Crippen molar-refractivity contribution in [3.8, 4) is 0 Å². The van der Waals surface area contributed by atoms with Gasteiger partial charge in [0.15, 0.2) is 0 Å². The molecule has 5 nitrogen and oxygen atoms in total. The lowest BCUT2D eigenvalue weighted by Crippen LogP contribution is -2.33. The second-order valence-electron chi connectivity index (χ2n) is 4.86. The van der Waals surface area contributed by atoms with E-state index in [1.807, 2.05) is 30.5 Å². The molecule has 0 radical (unpaired) electrons. The largest absolute Gasteiger partial charge is 0.481 e. The molecule has 1 saturated heterocycles. The first-order valence-electron chi connectivity index (χ1n) is 6.50. The summed E-state index contributed by atoms with van der Waals surface area (Å²) in [6.45, 7) is 1.13. The maximum Gasteiger partial charge on any atom is 0.321 e. The number of likely N-dealkylation sites (tertiary alicyclic amines) is 1. The van der Waals surface area contributed by atoms with E-state index >= 15 is 0 Å². The molecule has 1 fully saturated rings. The van der Waals surface area contributed by atoms with Gasteiger partial charge in [0, 0.05) is 30.1 Å². The molecule has 0 aromatic heterocycles. The zero-order chi connectivity index (χ0) is 14.5. The van der Waals surface area contributed by atoms with Crippen molar-refractivity contribution in [3.05, 3.63) is 24.3 Å². The van der Waals surface area contributed by atoms with Gasteiger partial charge in [-0.25, -0.2) is 4.79 Å². The molecule has 1 aliphatic heterocycles. The number of rotatable bonds is 4. The molecule has 2 N–H and O–H groups in total. The molecule has 108 valence electrons. The predicted octanol–water partition coefficient (Wildman–Crippen LogP) is 2.74. The van der Waals surface area contributed by atoms with Gasteiger partial charge in [0.2, 0.25) is 0 Å². The third-order valence-corrected chi connectivity index (χ3v) is 4.12. The molecule has 0 spiro atoms. The van der Waals surface area contributed by atoms with Crippen LogP contribution < -0.4 is 5.32 Å². The summed E-state index contributed by atoms with van der Waals surface area (Å²) in [5.74, 6) is -0.734. The Bertz CT molecular complexity index is 490. The first kappa shape index (κ1) is 14.7. The molecule has 0 bridgehead atoms. The molecule has 20 heavy (non-hydrogen) atoms. The lowest BCUT2D eigenvalue weighted by Gasteiger charge is -2.17. The van der Waals surface area contributed by atoms with Crippen molar-refractivity contribution in [3.63, 3.8) is 0 Å². The number of carboxylic acids is 1. The van der Waals surface area contributed by atoms with Crippen molar-refractivity contribution in [2.45, 2.75) is 17.7 Å². The van der Waals surface area contributed by atoms with E-state index in [0.717, 1.165) is 17.0 Å². The summed E-state index contributed by atoms with van der Waals surface area (Å²) >= 11 is 1.65. The molecule has 1 atom stereocenters. The molecular formula is C14H18N2O3S. The van der Waals surface area contributed by atoms with E-state index < -0.39 is 5.97 Å². The normalized spacial score (nSPS) is 18.1. The number of carboxylic acid groups (broad SMARTS) is 1. The minimum Gasteiger partial charge on any atom is -0.481 e. The van der Waals surface area contributed by atoms with Crippen molar-refractivity contribution in [2.75, 3.05) is 24.7 Å². The Morgan fingerprint density at radius 2 is 2.10 bits per heavy atom. The van der Waals surface area contributed by atoms with E-state index in [-0.39, 0.29) is 18.4 Å². The lowest BCUT2D eigenvalue weighted by atomic mass is 10.1. The number of aliphatic carboxylic acids is 1. The van der Waals surface area contributed by atoms with Gasteiger partial charge in [-0.2, -0.15) is 0 Å². The summed E-state index contributed by atoms with van der Waals surface area (Å²) in [6.07, 6.45) is 2.89. The monoisotopic (exact) mass is 294 g/mol. The molecule has 1 unspecified atom stereocenters. The van der Waals surface area contributed by atoms with Crippen molar-refractivity contribution < 1.29 is 14.7 Å². The quantitative estimate of drug-likeness (QED) is 0.838. The second kappa shape index (κ2) is 6.65. The molecule has 1 aliphatic rings. The van der Waals surface area contributed by atoms with E-state index in [1.165, 1.54) is 0 Å². The first-order valence-corrected chi connectivity index (χ1v) is 7.72. The number of carbonyl (C=O) groups is 2. The number of amides is 2. The third-order valence-electron chi connectivity index (χ3n) is 3.38. The van der Waals surface area contributed by atoms with Crippen LogP contribution in [0.5, 0.6) is 0 Å². The highest BCUT2D eigenvalue weighted by Gasteiger charge is 2.27. The molecular weight excluding hydrogens is 276 g/mol. The van der Waals surface area contributed by atoms with Crippen molar-refractivity contribution in [2.24, 2.45) is 5.92 Å². The Morgan fingerprint density at radius 3 is 2.70 bits per heavy atom. The highest BCUT2D eigenvalue weighted by molar-refractivity contribution is 7.98. The van der Waals surface area contributed by atoms with Gasteiger partial charge in [-0.15, -0.1) is 11.8 Å². The van der Waals surface area contributed by atoms with Crippen LogP contribution in [0.1, 0.15) is 12.8 Å². The van der Waals surface area contributed by atoms with Crippen molar-refractivity contribution in [1.82, 2.24) is 4.90 Å². The van der Waals surface area contributed by atoms with Gasteiger partial charge >= 0.3 is 12.0 Å². The van der Waals surface area contributed by atoms with E-state index in [0.29, 0.717) is 13.1 Å². The fraction of sp³-hybridized carbons (Fsp3) is 0.429. The molecule has 0 aliphatic carbocycles. The van der Waals surface area contributed by atoms with Crippen LogP contribution in [0.2, 0.25) is 0 Å². The van der Waals surface area contributed by atoms with Gasteiger partial charge in [0.05, 0.1) is 0 Å². The van der Waals surface area contributed by atoms with E-state index in [2.05, 4.69) is 5.32 Å². The van der Waals surface area contributed by atoms with Gasteiger partial charge in [0.25, 0.3) is 0 Å². The Balaban J connectivity index is 1.87. The topological polar surface area (TPSA) is 69.6 Å². The molecule has 1 aromatic carbocycles. The smallest absolute Gasteiger partial charge is 0.321 e. The Kier molecular flexibility index (Phi) is 4.89. The van der Waals surface area contributed by atoms with E-state index in [9.17, 15) is 9.59 Å². The van der Waals surface area contributed by atoms with Gasteiger partial charge < -0.3 is 15.3 Å². The van der Waals surface area contributed by atoms with E-state index in [1.54, 1.807) is 16.7 Å². The second-order valence-corrected chi connectivity index (χ2v) is 5.74. The highest BCUT2D eigenvalue weighted by Crippen LogP contribution is 2.21. The fourth-order valence-electron chi connectivity index (χ4n) is 2.31. The molecule has 1 aromatic rings. The van der Waals surface area contributed by atoms with Crippen molar-refractivity contribution >= 4 is 29.4 Å². The standard InChI is InChI=1S/C14H18N2O3S/c1-20-12-4-2-11(3-5-12)15-14(19)16-7-6-10(9-16)8-13(17)18/h2-5,10H,6-9H2,1H3,(H,15,19)(H,17,18). The summed E-state index contributed by atoms with van der Waals surface area (Å²) < 4.78 is 0. The number of nitrogens with zero attached hydrogens (tertiary/aromatic N) is 1. The molecule has 2 amide bonds. The van der Waals surface area contributed by atoms with Crippen LogP contribution in [0.4, 0.5) is 10.5 Å². The average molecular weight is 294 g/mol. The van der Waals surface area contributed by atoms with Gasteiger partial charge in [0.1, 0.15) is 0 Å². The van der Waals surface area contributed by atoms with Crippen LogP contribution in [-0.4, -0.2) is 41.4 Å². The molecule has 1 heterocycles. The van der Waals surface area contributed by atoms with Gasteiger partial charge in [-0.3, -0.25) is 4.79 Å². The minimum absolute atomic E-state index is 0.0668. The van der Waals surface area contributed by atoms with Gasteiger partial charge in [-0.1, -0.05) is 0 Å². The van der Waals surface area contributed by atoms with Crippen LogP contribution in [0.15, 0.2) is 29.2 Å². The number of urea groups is 1. The maximum atomic E-state index is 12.1. The number of hydrogen-bond donors (Lipinski definition) is 2. The van der Waals surface area contributed by atoms with Crippen LogP contribution in [0.25, 0.3) is 0 Å². The zero-order valence-corrected chi connectivity index (χ0v) is 12.2. The third kappa shape index (κ3) is 3.90. The van der Waals surface area contributed by atoms with Crippen LogP contribution in [-0.2, 0) is 4.79 Å². The molecule has 0 saturated carbocycles. The van der Waals surface area contributed by atoms with E-state index in [4.69, 9.17) is 5.11 Å². The number of hydrogen-bond acceptors (Lipinski definition) is 3. The van der Waals surface area contributed by atoms with Crippen LogP contribution in [0.3, 0.4) is 0 Å². The maximum absolute atomic E-state index is 12.1. The van der Waals surface area contributed by atoms with Crippen LogP contribution in [0, 0.1) is 5.92 Å². The number of anilines is 1. The summed E-state index contributed by atoms with van der Waals surface area (Å²) in [5, 5.41) is 11.6. The number of nitrogens with one attached hydrogen (secondary N) is 1. The summed E-state index contributed by atoms with van der Waals surface area (Å²) in [5.41, 5.74) is 0.759. The first-order chi connectivity index (χ1) is 9.58. The molecule has 6 heteroatoms. The Labute approximate surface area is 122 Å². The number of thioether (sulfide) groups is 1. The number of benzene rings is 1. The fourth-order valence-corrected chi connectivity index (χ4v) is 2.72. The minimum atomic E-state index is -0.801. The van der Waals surface area contributed by atoms with Crippen LogP contribution >= 0.6 is 11.8 Å². The lowest BCUT2D eigenvalue weighted by molar-refractivity contribution is -0.138. The summed E-state index contributed by atoms with van der Waals surface area (Å²) in [4.78, 5) is 25.5. The number of carbonyl (C=O) groups excluding carboxylic acids is 1.